The summed E-state index contributed by atoms with van der Waals surface area (Å²) in [5, 5.41) is 0. The van der Waals surface area contributed by atoms with Crippen molar-refractivity contribution in [3.8, 4) is 0 Å². The van der Waals surface area contributed by atoms with Gasteiger partial charge in [0.05, 0.1) is 5.57 Å². The number of aliphatic imine (C=N–C) groups is 1. The van der Waals surface area contributed by atoms with Crippen molar-refractivity contribution in [3.63, 3.8) is 0 Å². The molecule has 3 nitrogen and oxygen atoms in total. The van der Waals surface area contributed by atoms with Crippen molar-refractivity contribution < 1.29 is 27.1 Å². The molecule has 0 saturated heterocycles. The van der Waals surface area contributed by atoms with Gasteiger partial charge < -0.3 is 4.74 Å². The van der Waals surface area contributed by atoms with E-state index in [1.807, 2.05) is 27.7 Å². The molecule has 0 atom stereocenters. The van der Waals surface area contributed by atoms with Crippen molar-refractivity contribution in [2.75, 3.05) is 0 Å². The summed E-state index contributed by atoms with van der Waals surface area (Å²) in [4.78, 5) is 14.8. The number of allylic oxidation sites excluding steroid dienone is 4. The molecule has 7 heteroatoms. The molecule has 1 aromatic carbocycles. The molecule has 30 heavy (non-hydrogen) atoms. The van der Waals surface area contributed by atoms with Crippen LogP contribution in [0.15, 0.2) is 70.9 Å². The molecule has 0 saturated carbocycles. The lowest BCUT2D eigenvalue weighted by Crippen LogP contribution is -2.13. The predicted octanol–water partition coefficient (Wildman–Crippen LogP) is 7.43. The molecule has 0 aromatic heterocycles. The Morgan fingerprint density at radius 3 is 2.03 bits per heavy atom. The lowest BCUT2D eigenvalue weighted by molar-refractivity contribution is -0.121. The maximum absolute atomic E-state index is 12.9. The van der Waals surface area contributed by atoms with Crippen LogP contribution in [0.4, 0.5) is 17.6 Å². The van der Waals surface area contributed by atoms with Crippen molar-refractivity contribution in [2.45, 2.75) is 47.7 Å². The van der Waals surface area contributed by atoms with E-state index in [2.05, 4.69) is 11.6 Å². The maximum Gasteiger partial charge on any atom is 0.416 e. The molecule has 0 bridgehead atoms. The summed E-state index contributed by atoms with van der Waals surface area (Å²) in [5.74, 6) is -0.708. The number of nitrogens with zero attached hydrogens (tertiary/aromatic N) is 1. The van der Waals surface area contributed by atoms with E-state index < -0.39 is 17.6 Å². The molecule has 0 aliphatic rings. The lowest BCUT2D eigenvalue weighted by Gasteiger charge is -2.10. The zero-order valence-electron chi connectivity index (χ0n) is 18.2. The van der Waals surface area contributed by atoms with E-state index >= 15 is 0 Å². The van der Waals surface area contributed by atoms with E-state index in [0.29, 0.717) is 17.3 Å². The Morgan fingerprint density at radius 2 is 1.63 bits per heavy atom. The Morgan fingerprint density at radius 1 is 1.10 bits per heavy atom. The summed E-state index contributed by atoms with van der Waals surface area (Å²) in [6, 6.07) is 5.52. The second kappa shape index (κ2) is 15.9. The SMILES string of the molecule is C=C\C(=C/C(=C\C)C(=N/C(C)=C\c1ccc(F)cc1)/OC=O)C(F)(F)F.CC.CC. The molecule has 1 rings (SSSR count). The Hall–Kier alpha value is -2.96. The summed E-state index contributed by atoms with van der Waals surface area (Å²) in [5.41, 5.74) is -0.0877. The number of rotatable bonds is 6. The second-order valence-corrected chi connectivity index (χ2v) is 5.01. The van der Waals surface area contributed by atoms with E-state index in [1.165, 1.54) is 37.3 Å². The second-order valence-electron chi connectivity index (χ2n) is 5.01. The van der Waals surface area contributed by atoms with Crippen LogP contribution in [0.25, 0.3) is 6.08 Å². The highest BCUT2D eigenvalue weighted by atomic mass is 19.4. The van der Waals surface area contributed by atoms with Crippen molar-refractivity contribution in [1.82, 2.24) is 0 Å². The minimum Gasteiger partial charge on any atom is -0.409 e. The van der Waals surface area contributed by atoms with Crippen LogP contribution < -0.4 is 0 Å². The molecule has 0 radical (unpaired) electrons. The van der Waals surface area contributed by atoms with Gasteiger partial charge in [0.1, 0.15) is 5.82 Å². The van der Waals surface area contributed by atoms with Gasteiger partial charge in [-0.2, -0.15) is 13.2 Å². The van der Waals surface area contributed by atoms with Gasteiger partial charge in [-0.25, -0.2) is 9.38 Å². The first kappa shape index (κ1) is 29.2. The van der Waals surface area contributed by atoms with Gasteiger partial charge in [0.2, 0.25) is 5.90 Å². The Balaban J connectivity index is 0. The minimum absolute atomic E-state index is 0.0452. The van der Waals surface area contributed by atoms with Gasteiger partial charge >= 0.3 is 6.18 Å². The zero-order chi connectivity index (χ0) is 23.7. The molecule has 0 fully saturated rings. The third-order valence-corrected chi connectivity index (χ3v) is 3.10. The summed E-state index contributed by atoms with van der Waals surface area (Å²) < 4.78 is 56.3. The average Bonchev–Trinajstić information content (AvgIpc) is 2.72. The Bertz CT molecular complexity index is 771. The van der Waals surface area contributed by atoms with Crippen LogP contribution in [0.5, 0.6) is 0 Å². The maximum atomic E-state index is 12.9. The summed E-state index contributed by atoms with van der Waals surface area (Å²) in [6.07, 6.45) is -0.295. The Labute approximate surface area is 176 Å². The quantitative estimate of drug-likeness (QED) is 0.156. The van der Waals surface area contributed by atoms with Gasteiger partial charge in [-0.1, -0.05) is 58.6 Å². The fourth-order valence-electron chi connectivity index (χ4n) is 1.89. The van der Waals surface area contributed by atoms with Crippen LogP contribution >= 0.6 is 0 Å². The monoisotopic (exact) mass is 427 g/mol. The third kappa shape index (κ3) is 11.1. The van der Waals surface area contributed by atoms with Crippen LogP contribution in [-0.2, 0) is 9.53 Å². The van der Waals surface area contributed by atoms with E-state index in [4.69, 9.17) is 4.74 Å². The Kier molecular flexibility index (Phi) is 15.5. The van der Waals surface area contributed by atoms with E-state index in [0.717, 1.165) is 6.08 Å². The highest BCUT2D eigenvalue weighted by Crippen LogP contribution is 2.27. The normalized spacial score (nSPS) is 12.7. The fraction of sp³-hybridized carbons (Fsp3) is 0.304. The number of carbonyl (C=O) groups excluding carboxylic acids is 1. The van der Waals surface area contributed by atoms with Crippen LogP contribution in [0, 0.1) is 5.82 Å². The number of ether oxygens (including phenoxy) is 1. The van der Waals surface area contributed by atoms with Gasteiger partial charge in [-0.05, 0) is 43.7 Å². The topological polar surface area (TPSA) is 38.7 Å². The van der Waals surface area contributed by atoms with Crippen molar-refractivity contribution in [1.29, 1.82) is 0 Å². The van der Waals surface area contributed by atoms with Gasteiger partial charge in [0, 0.05) is 11.3 Å². The van der Waals surface area contributed by atoms with Gasteiger partial charge in [-0.3, -0.25) is 4.79 Å². The average molecular weight is 427 g/mol. The molecular weight excluding hydrogens is 398 g/mol. The molecule has 1 aromatic rings. The summed E-state index contributed by atoms with van der Waals surface area (Å²) in [6.45, 7) is 14.2. The van der Waals surface area contributed by atoms with Gasteiger partial charge in [0.25, 0.3) is 6.47 Å². The van der Waals surface area contributed by atoms with Crippen LogP contribution in [-0.4, -0.2) is 18.5 Å². The molecule has 0 amide bonds. The first-order valence-corrected chi connectivity index (χ1v) is 9.42. The van der Waals surface area contributed by atoms with Crippen molar-refractivity contribution in [3.05, 3.63) is 77.3 Å². The van der Waals surface area contributed by atoms with Crippen LogP contribution in [0.1, 0.15) is 47.1 Å². The lowest BCUT2D eigenvalue weighted by atomic mass is 10.1. The molecule has 0 aliphatic heterocycles. The van der Waals surface area contributed by atoms with Gasteiger partial charge in [-0.15, -0.1) is 0 Å². The third-order valence-electron chi connectivity index (χ3n) is 3.10. The minimum atomic E-state index is -4.61. The number of hydrogen-bond donors (Lipinski definition) is 0. The first-order chi connectivity index (χ1) is 14.2. The summed E-state index contributed by atoms with van der Waals surface area (Å²) >= 11 is 0. The molecule has 0 heterocycles. The highest BCUT2D eigenvalue weighted by Gasteiger charge is 2.31. The van der Waals surface area contributed by atoms with Crippen molar-refractivity contribution >= 4 is 18.4 Å². The smallest absolute Gasteiger partial charge is 0.409 e. The fourth-order valence-corrected chi connectivity index (χ4v) is 1.89. The zero-order valence-corrected chi connectivity index (χ0v) is 18.2. The molecular formula is C23H29F4NO2. The predicted molar refractivity (Wildman–Crippen MR) is 115 cm³/mol. The van der Waals surface area contributed by atoms with E-state index in [1.54, 1.807) is 13.0 Å². The number of alkyl halides is 3. The largest absolute Gasteiger partial charge is 0.416 e. The number of carbonyl (C=O) groups is 1. The van der Waals surface area contributed by atoms with Crippen molar-refractivity contribution in [2.24, 2.45) is 4.99 Å². The number of benzene rings is 1. The first-order valence-electron chi connectivity index (χ1n) is 9.42. The molecule has 0 unspecified atom stereocenters. The number of halogens is 4. The standard InChI is InChI=1S/C19H17F4NO2.2C2H6/c1-4-15(11-16(5-2)19(21,22)23)18(26-12-25)24-13(3)10-14-6-8-17(20)9-7-14;2*1-2/h4-12H,2H2,1,3H3;2*1-2H3/b13-10-,15-4+,16-11+,24-18-;;. The summed E-state index contributed by atoms with van der Waals surface area (Å²) in [7, 11) is 0. The van der Waals surface area contributed by atoms with Gasteiger partial charge in [0.15, 0.2) is 0 Å². The van der Waals surface area contributed by atoms with E-state index in [-0.39, 0.29) is 17.9 Å². The highest BCUT2D eigenvalue weighted by molar-refractivity contribution is 6.00. The molecule has 166 valence electrons. The van der Waals surface area contributed by atoms with Crippen LogP contribution in [0.2, 0.25) is 0 Å². The van der Waals surface area contributed by atoms with E-state index in [9.17, 15) is 22.4 Å². The molecule has 0 N–H and O–H groups in total. The van der Waals surface area contributed by atoms with Crippen LogP contribution in [0.3, 0.4) is 0 Å². The molecule has 0 spiro atoms. The number of hydrogen-bond acceptors (Lipinski definition) is 3. The molecule has 0 aliphatic carbocycles.